The molecular formula is C18H30O3Si. The molecule has 0 bridgehead atoms. The number of rotatable bonds is 8. The molecule has 1 aromatic carbocycles. The molecule has 22 heavy (non-hydrogen) atoms. The second-order valence-corrected chi connectivity index (χ2v) is 11.8. The summed E-state index contributed by atoms with van der Waals surface area (Å²) in [6, 6.07) is 10.1. The summed E-state index contributed by atoms with van der Waals surface area (Å²) in [6.07, 6.45) is 3.52. The average Bonchev–Trinajstić information content (AvgIpc) is 2.44. The van der Waals surface area contributed by atoms with E-state index in [0.29, 0.717) is 13.2 Å². The fraction of sp³-hybridized carbons (Fsp3) is 0.556. The van der Waals surface area contributed by atoms with E-state index in [1.807, 2.05) is 36.4 Å². The number of hydrogen-bond donors (Lipinski definition) is 1. The van der Waals surface area contributed by atoms with Crippen molar-refractivity contribution in [2.75, 3.05) is 13.2 Å². The highest BCUT2D eigenvalue weighted by Gasteiger charge is 2.38. The average molecular weight is 323 g/mol. The van der Waals surface area contributed by atoms with Gasteiger partial charge in [0.15, 0.2) is 8.32 Å². The lowest BCUT2D eigenvalue weighted by Crippen LogP contribution is -2.44. The first kappa shape index (κ1) is 19.1. The number of benzene rings is 1. The fourth-order valence-corrected chi connectivity index (χ4v) is 3.02. The Bertz CT molecular complexity index is 449. The Balaban J connectivity index is 2.59. The zero-order valence-electron chi connectivity index (χ0n) is 14.5. The van der Waals surface area contributed by atoms with E-state index in [0.717, 1.165) is 5.56 Å². The van der Waals surface area contributed by atoms with Gasteiger partial charge in [-0.2, -0.15) is 0 Å². The van der Waals surface area contributed by atoms with Gasteiger partial charge < -0.3 is 14.3 Å². The van der Waals surface area contributed by atoms with E-state index in [2.05, 4.69) is 33.9 Å². The zero-order chi connectivity index (χ0) is 16.6. The van der Waals surface area contributed by atoms with Gasteiger partial charge in [-0.25, -0.2) is 0 Å². The second kappa shape index (κ2) is 8.63. The zero-order valence-corrected chi connectivity index (χ0v) is 15.5. The molecule has 0 spiro atoms. The Morgan fingerprint density at radius 2 is 1.82 bits per heavy atom. The highest BCUT2D eigenvalue weighted by atomic mass is 28.4. The van der Waals surface area contributed by atoms with Crippen molar-refractivity contribution in [1.29, 1.82) is 0 Å². The van der Waals surface area contributed by atoms with E-state index in [1.165, 1.54) is 0 Å². The minimum atomic E-state index is -1.86. The molecule has 4 heteroatoms. The van der Waals surface area contributed by atoms with Crippen LogP contribution in [0.5, 0.6) is 0 Å². The molecule has 1 aromatic rings. The van der Waals surface area contributed by atoms with Crippen LogP contribution >= 0.6 is 0 Å². The minimum absolute atomic E-state index is 0.0239. The Morgan fingerprint density at radius 3 is 2.36 bits per heavy atom. The number of hydrogen-bond acceptors (Lipinski definition) is 3. The lowest BCUT2D eigenvalue weighted by molar-refractivity contribution is 0.0548. The van der Waals surface area contributed by atoms with E-state index in [-0.39, 0.29) is 17.7 Å². The summed E-state index contributed by atoms with van der Waals surface area (Å²) in [5, 5.41) is 9.16. The number of ether oxygens (including phenoxy) is 1. The molecule has 1 atom stereocenters. The lowest BCUT2D eigenvalue weighted by Gasteiger charge is -2.38. The van der Waals surface area contributed by atoms with Gasteiger partial charge in [0.05, 0.1) is 25.9 Å². The number of aliphatic hydroxyl groups is 1. The van der Waals surface area contributed by atoms with Crippen molar-refractivity contribution >= 4 is 8.32 Å². The van der Waals surface area contributed by atoms with Crippen molar-refractivity contribution in [1.82, 2.24) is 0 Å². The minimum Gasteiger partial charge on any atom is -0.408 e. The summed E-state index contributed by atoms with van der Waals surface area (Å²) in [4.78, 5) is 0. The maximum atomic E-state index is 9.00. The highest BCUT2D eigenvalue weighted by molar-refractivity contribution is 6.74. The summed E-state index contributed by atoms with van der Waals surface area (Å²) < 4.78 is 12.2. The van der Waals surface area contributed by atoms with E-state index in [1.54, 1.807) is 6.08 Å². The second-order valence-electron chi connectivity index (χ2n) is 7.03. The molecule has 0 aliphatic carbocycles. The van der Waals surface area contributed by atoms with Crippen LogP contribution in [0.3, 0.4) is 0 Å². The summed E-state index contributed by atoms with van der Waals surface area (Å²) in [6.45, 7) is 12.2. The third kappa shape index (κ3) is 6.44. The van der Waals surface area contributed by atoms with Gasteiger partial charge in [-0.1, -0.05) is 63.3 Å². The molecule has 1 rings (SSSR count). The van der Waals surface area contributed by atoms with Gasteiger partial charge in [-0.15, -0.1) is 0 Å². The van der Waals surface area contributed by atoms with Crippen molar-refractivity contribution < 1.29 is 14.3 Å². The van der Waals surface area contributed by atoms with Crippen molar-refractivity contribution in [3.8, 4) is 0 Å². The van der Waals surface area contributed by atoms with Gasteiger partial charge in [-0.3, -0.25) is 0 Å². The summed E-state index contributed by atoms with van der Waals surface area (Å²) >= 11 is 0. The van der Waals surface area contributed by atoms with Crippen LogP contribution in [0.15, 0.2) is 42.5 Å². The quantitative estimate of drug-likeness (QED) is 0.577. The third-order valence-corrected chi connectivity index (χ3v) is 8.61. The van der Waals surface area contributed by atoms with Crippen LogP contribution in [0.2, 0.25) is 18.1 Å². The fourth-order valence-electron chi connectivity index (χ4n) is 1.76. The maximum Gasteiger partial charge on any atom is 0.192 e. The molecule has 0 saturated carbocycles. The Morgan fingerprint density at radius 1 is 1.18 bits per heavy atom. The molecule has 0 saturated heterocycles. The first-order valence-corrected chi connectivity index (χ1v) is 10.7. The molecule has 0 unspecified atom stereocenters. The van der Waals surface area contributed by atoms with Crippen molar-refractivity contribution in [3.05, 3.63) is 48.0 Å². The normalized spacial score (nSPS) is 14.5. The van der Waals surface area contributed by atoms with Crippen LogP contribution in [-0.4, -0.2) is 32.7 Å². The van der Waals surface area contributed by atoms with Crippen LogP contribution in [-0.2, 0) is 15.8 Å². The van der Waals surface area contributed by atoms with Crippen LogP contribution in [0.25, 0.3) is 0 Å². The molecule has 0 amide bonds. The molecule has 0 aliphatic rings. The van der Waals surface area contributed by atoms with Crippen LogP contribution in [0.1, 0.15) is 26.3 Å². The summed E-state index contributed by atoms with van der Waals surface area (Å²) in [5.41, 5.74) is 1.15. The molecule has 0 fully saturated rings. The standard InChI is InChI=1S/C18H30O3Si/c1-18(2,3)22(4,5)21-17(12-9-13-19)15-20-14-16-10-7-6-8-11-16/h6-12,17,19H,13-15H2,1-5H3/b12-9+/t17-/m0/s1. The van der Waals surface area contributed by atoms with Gasteiger partial charge in [0.25, 0.3) is 0 Å². The Labute approximate surface area is 136 Å². The SMILES string of the molecule is CC(C)(C)[Si](C)(C)O[C@@H](/C=C/CO)COCc1ccccc1. The monoisotopic (exact) mass is 322 g/mol. The molecule has 3 nitrogen and oxygen atoms in total. The van der Waals surface area contributed by atoms with Gasteiger partial charge in [-0.05, 0) is 23.7 Å². The van der Waals surface area contributed by atoms with E-state index in [4.69, 9.17) is 14.3 Å². The Hall–Kier alpha value is -0.943. The third-order valence-electron chi connectivity index (χ3n) is 4.10. The number of aliphatic hydroxyl groups excluding tert-OH is 1. The van der Waals surface area contributed by atoms with E-state index < -0.39 is 8.32 Å². The summed E-state index contributed by atoms with van der Waals surface area (Å²) in [7, 11) is -1.86. The first-order chi connectivity index (χ1) is 10.3. The van der Waals surface area contributed by atoms with E-state index >= 15 is 0 Å². The smallest absolute Gasteiger partial charge is 0.192 e. The molecule has 0 aliphatic heterocycles. The van der Waals surface area contributed by atoms with E-state index in [9.17, 15) is 0 Å². The van der Waals surface area contributed by atoms with Gasteiger partial charge in [0.1, 0.15) is 0 Å². The van der Waals surface area contributed by atoms with Crippen molar-refractivity contribution in [3.63, 3.8) is 0 Å². The highest BCUT2D eigenvalue weighted by Crippen LogP contribution is 2.37. The van der Waals surface area contributed by atoms with Crippen LogP contribution in [0.4, 0.5) is 0 Å². The van der Waals surface area contributed by atoms with Crippen LogP contribution in [0, 0.1) is 0 Å². The van der Waals surface area contributed by atoms with Crippen molar-refractivity contribution in [2.24, 2.45) is 0 Å². The molecular weight excluding hydrogens is 292 g/mol. The summed E-state index contributed by atoms with van der Waals surface area (Å²) in [5.74, 6) is 0. The first-order valence-electron chi connectivity index (χ1n) is 7.83. The lowest BCUT2D eigenvalue weighted by atomic mass is 10.2. The van der Waals surface area contributed by atoms with Crippen molar-refractivity contribution in [2.45, 2.75) is 51.6 Å². The predicted molar refractivity (Wildman–Crippen MR) is 94.4 cm³/mol. The largest absolute Gasteiger partial charge is 0.408 e. The molecule has 0 radical (unpaired) electrons. The molecule has 0 heterocycles. The topological polar surface area (TPSA) is 38.7 Å². The molecule has 124 valence electrons. The predicted octanol–water partition coefficient (Wildman–Crippen LogP) is 4.14. The van der Waals surface area contributed by atoms with Gasteiger partial charge >= 0.3 is 0 Å². The van der Waals surface area contributed by atoms with Gasteiger partial charge in [0.2, 0.25) is 0 Å². The molecule has 1 N–H and O–H groups in total. The Kier molecular flexibility index (Phi) is 7.49. The van der Waals surface area contributed by atoms with Gasteiger partial charge in [0, 0.05) is 0 Å². The molecule has 0 aromatic heterocycles. The maximum absolute atomic E-state index is 9.00. The van der Waals surface area contributed by atoms with Crippen LogP contribution < -0.4 is 0 Å².